The van der Waals surface area contributed by atoms with Crippen LogP contribution in [0.1, 0.15) is 27.6 Å². The van der Waals surface area contributed by atoms with Gasteiger partial charge >= 0.3 is 6.03 Å². The van der Waals surface area contributed by atoms with Gasteiger partial charge in [0, 0.05) is 29.9 Å². The second-order valence-corrected chi connectivity index (χ2v) is 6.75. The predicted octanol–water partition coefficient (Wildman–Crippen LogP) is 3.75. The number of benzene rings is 3. The van der Waals surface area contributed by atoms with E-state index in [0.717, 1.165) is 0 Å². The summed E-state index contributed by atoms with van der Waals surface area (Å²) < 4.78 is 26.5. The lowest BCUT2D eigenvalue weighted by molar-refractivity contribution is 0.0950. The average molecular weight is 425 g/mol. The molecule has 0 aliphatic heterocycles. The fourth-order valence-corrected chi connectivity index (χ4v) is 2.79. The summed E-state index contributed by atoms with van der Waals surface area (Å²) in [4.78, 5) is 24.2. The molecule has 0 bridgehead atoms. The molecular weight excluding hydrogens is 404 g/mol. The first-order chi connectivity index (χ1) is 14.9. The van der Waals surface area contributed by atoms with Gasteiger partial charge < -0.3 is 21.1 Å². The molecule has 4 N–H and O–H groups in total. The number of aliphatic hydroxyl groups excluding tert-OH is 1. The lowest BCUT2D eigenvalue weighted by Crippen LogP contribution is -2.32. The predicted molar refractivity (Wildman–Crippen MR) is 112 cm³/mol. The number of carbonyl (C=O) groups is 2. The maximum Gasteiger partial charge on any atom is 0.319 e. The highest BCUT2D eigenvalue weighted by atomic mass is 19.1. The zero-order valence-electron chi connectivity index (χ0n) is 16.4. The van der Waals surface area contributed by atoms with Gasteiger partial charge in [-0.3, -0.25) is 4.79 Å². The van der Waals surface area contributed by atoms with E-state index in [1.807, 2.05) is 0 Å². The molecule has 0 saturated carbocycles. The summed E-state index contributed by atoms with van der Waals surface area (Å²) in [6.07, 6.45) is -0.980. The third-order valence-electron chi connectivity index (χ3n) is 4.51. The van der Waals surface area contributed by atoms with Gasteiger partial charge in [-0.2, -0.15) is 0 Å². The zero-order valence-corrected chi connectivity index (χ0v) is 16.4. The molecule has 0 saturated heterocycles. The number of urea groups is 1. The van der Waals surface area contributed by atoms with Crippen LogP contribution in [0.2, 0.25) is 0 Å². The monoisotopic (exact) mass is 425 g/mol. The molecule has 0 aromatic heterocycles. The van der Waals surface area contributed by atoms with Crippen LogP contribution in [0.15, 0.2) is 72.8 Å². The average Bonchev–Trinajstić information content (AvgIpc) is 2.77. The molecule has 1 atom stereocenters. The Morgan fingerprint density at radius 1 is 0.871 bits per heavy atom. The molecular formula is C23H21F2N3O3. The number of rotatable bonds is 7. The number of halogens is 2. The summed E-state index contributed by atoms with van der Waals surface area (Å²) in [6.45, 7) is -0.00169. The van der Waals surface area contributed by atoms with Crippen LogP contribution in [0.4, 0.5) is 19.3 Å². The largest absolute Gasteiger partial charge is 0.387 e. The quantitative estimate of drug-likeness (QED) is 0.465. The van der Waals surface area contributed by atoms with Gasteiger partial charge in [0.05, 0.1) is 6.10 Å². The van der Waals surface area contributed by atoms with E-state index in [9.17, 15) is 23.5 Å². The summed E-state index contributed by atoms with van der Waals surface area (Å²) in [7, 11) is 0. The Balaban J connectivity index is 1.47. The van der Waals surface area contributed by atoms with Crippen molar-refractivity contribution in [3.8, 4) is 0 Å². The number of anilines is 1. The Morgan fingerprint density at radius 3 is 2.23 bits per heavy atom. The Hall–Kier alpha value is -3.78. The molecule has 1 unspecified atom stereocenters. The molecule has 3 rings (SSSR count). The van der Waals surface area contributed by atoms with E-state index < -0.39 is 23.8 Å². The minimum absolute atomic E-state index is 0.0598. The molecule has 0 heterocycles. The first kappa shape index (κ1) is 21.9. The van der Waals surface area contributed by atoms with Crippen LogP contribution >= 0.6 is 0 Å². The van der Waals surface area contributed by atoms with Crippen LogP contribution in [0.3, 0.4) is 0 Å². The smallest absolute Gasteiger partial charge is 0.319 e. The third-order valence-corrected chi connectivity index (χ3v) is 4.51. The van der Waals surface area contributed by atoms with Crippen LogP contribution in [0, 0.1) is 11.6 Å². The first-order valence-electron chi connectivity index (χ1n) is 9.52. The maximum atomic E-state index is 13.6. The van der Waals surface area contributed by atoms with Gasteiger partial charge in [0.25, 0.3) is 5.91 Å². The van der Waals surface area contributed by atoms with Crippen molar-refractivity contribution < 1.29 is 23.5 Å². The van der Waals surface area contributed by atoms with Gasteiger partial charge in [0.1, 0.15) is 11.6 Å². The number of carbonyl (C=O) groups excluding carboxylic acids is 2. The van der Waals surface area contributed by atoms with Crippen LogP contribution in [-0.2, 0) is 6.54 Å². The Kier molecular flexibility index (Phi) is 7.29. The third kappa shape index (κ3) is 6.35. The second-order valence-electron chi connectivity index (χ2n) is 6.75. The van der Waals surface area contributed by atoms with Crippen molar-refractivity contribution >= 4 is 17.6 Å². The number of amides is 3. The second kappa shape index (κ2) is 10.3. The van der Waals surface area contributed by atoms with Crippen molar-refractivity contribution in [2.45, 2.75) is 12.6 Å². The van der Waals surface area contributed by atoms with Crippen molar-refractivity contribution in [3.63, 3.8) is 0 Å². The summed E-state index contributed by atoms with van der Waals surface area (Å²) in [5, 5.41) is 17.8. The minimum atomic E-state index is -0.980. The lowest BCUT2D eigenvalue weighted by atomic mass is 10.1. The van der Waals surface area contributed by atoms with Crippen molar-refractivity contribution in [2.24, 2.45) is 0 Å². The summed E-state index contributed by atoms with van der Waals surface area (Å²) in [5.74, 6) is -1.18. The van der Waals surface area contributed by atoms with Gasteiger partial charge in [-0.15, -0.1) is 0 Å². The highest BCUT2D eigenvalue weighted by molar-refractivity contribution is 5.95. The van der Waals surface area contributed by atoms with E-state index >= 15 is 0 Å². The van der Waals surface area contributed by atoms with Crippen molar-refractivity contribution in [1.82, 2.24) is 10.6 Å². The van der Waals surface area contributed by atoms with Crippen LogP contribution < -0.4 is 16.0 Å². The molecule has 31 heavy (non-hydrogen) atoms. The normalized spacial score (nSPS) is 11.5. The highest BCUT2D eigenvalue weighted by Crippen LogP contribution is 2.13. The van der Waals surface area contributed by atoms with Gasteiger partial charge in [0.2, 0.25) is 0 Å². The molecule has 0 aliphatic rings. The number of hydrogen-bond acceptors (Lipinski definition) is 3. The number of nitrogens with one attached hydrogen (secondary N) is 3. The van der Waals surface area contributed by atoms with E-state index in [0.29, 0.717) is 22.4 Å². The molecule has 8 heteroatoms. The maximum absolute atomic E-state index is 13.6. The molecule has 6 nitrogen and oxygen atoms in total. The Bertz CT molecular complexity index is 1040. The lowest BCUT2D eigenvalue weighted by Gasteiger charge is -2.13. The molecule has 0 radical (unpaired) electrons. The van der Waals surface area contributed by atoms with E-state index in [4.69, 9.17) is 0 Å². The Morgan fingerprint density at radius 2 is 1.55 bits per heavy atom. The van der Waals surface area contributed by atoms with Gasteiger partial charge in [-0.05, 0) is 48.0 Å². The van der Waals surface area contributed by atoms with Gasteiger partial charge in [-0.25, -0.2) is 13.6 Å². The number of aliphatic hydroxyl groups is 1. The topological polar surface area (TPSA) is 90.5 Å². The van der Waals surface area contributed by atoms with Crippen LogP contribution in [0.25, 0.3) is 0 Å². The molecule has 0 spiro atoms. The summed E-state index contributed by atoms with van der Waals surface area (Å²) >= 11 is 0. The van der Waals surface area contributed by atoms with E-state index in [1.165, 1.54) is 42.5 Å². The minimum Gasteiger partial charge on any atom is -0.387 e. The standard InChI is InChI=1S/C23H21F2N3O3/c24-18-9-5-15(6-10-18)21(29)14-27-23(31)28-19-11-7-16(8-12-19)22(30)26-13-17-3-1-2-4-20(17)25/h1-12,21,29H,13-14H2,(H,26,30)(H2,27,28,31). The zero-order chi connectivity index (χ0) is 22.2. The molecule has 3 aromatic rings. The molecule has 3 amide bonds. The van der Waals surface area contributed by atoms with Crippen LogP contribution in [-0.4, -0.2) is 23.6 Å². The van der Waals surface area contributed by atoms with E-state index in [1.54, 1.807) is 30.3 Å². The molecule has 0 aliphatic carbocycles. The van der Waals surface area contributed by atoms with Crippen molar-refractivity contribution in [3.05, 3.63) is 101 Å². The highest BCUT2D eigenvalue weighted by Gasteiger charge is 2.11. The van der Waals surface area contributed by atoms with Crippen molar-refractivity contribution in [2.75, 3.05) is 11.9 Å². The summed E-state index contributed by atoms with van der Waals surface area (Å²) in [6, 6.07) is 17.1. The molecule has 0 fully saturated rings. The summed E-state index contributed by atoms with van der Waals surface area (Å²) in [5.41, 5.74) is 1.66. The number of hydrogen-bond donors (Lipinski definition) is 4. The molecule has 160 valence electrons. The SMILES string of the molecule is O=C(NCC(O)c1ccc(F)cc1)Nc1ccc(C(=O)NCc2ccccc2F)cc1. The fourth-order valence-electron chi connectivity index (χ4n) is 2.79. The van der Waals surface area contributed by atoms with Gasteiger partial charge in [-0.1, -0.05) is 30.3 Å². The first-order valence-corrected chi connectivity index (χ1v) is 9.52. The van der Waals surface area contributed by atoms with Crippen molar-refractivity contribution in [1.29, 1.82) is 0 Å². The van der Waals surface area contributed by atoms with Crippen LogP contribution in [0.5, 0.6) is 0 Å². The fraction of sp³-hybridized carbons (Fsp3) is 0.130. The Labute approximate surface area is 177 Å². The van der Waals surface area contributed by atoms with E-state index in [-0.39, 0.29) is 19.0 Å². The van der Waals surface area contributed by atoms with E-state index in [2.05, 4.69) is 16.0 Å². The molecule has 3 aromatic carbocycles. The van der Waals surface area contributed by atoms with Gasteiger partial charge in [0.15, 0.2) is 0 Å².